The van der Waals surface area contributed by atoms with Crippen molar-refractivity contribution in [3.63, 3.8) is 0 Å². The summed E-state index contributed by atoms with van der Waals surface area (Å²) >= 11 is 0. The minimum atomic E-state index is -4.13. The van der Waals surface area contributed by atoms with Crippen molar-refractivity contribution >= 4 is 27.5 Å². The van der Waals surface area contributed by atoms with Crippen LogP contribution in [0.4, 0.5) is 5.69 Å². The van der Waals surface area contributed by atoms with E-state index >= 15 is 0 Å². The predicted octanol–water partition coefficient (Wildman–Crippen LogP) is 5.07. The number of benzene rings is 3. The number of nitrogens with zero attached hydrogens (tertiary/aromatic N) is 2. The van der Waals surface area contributed by atoms with Crippen molar-refractivity contribution in [1.82, 2.24) is 10.2 Å². The Kier molecular flexibility index (Phi) is 10.0. The van der Waals surface area contributed by atoms with Crippen molar-refractivity contribution in [2.24, 2.45) is 0 Å². The second kappa shape index (κ2) is 13.7. The molecule has 1 saturated carbocycles. The van der Waals surface area contributed by atoms with Crippen LogP contribution in [0.3, 0.4) is 0 Å². The lowest BCUT2D eigenvalue weighted by Gasteiger charge is -2.33. The highest BCUT2D eigenvalue weighted by Crippen LogP contribution is 2.26. The second-order valence-electron chi connectivity index (χ2n) is 10.5. The maximum Gasteiger partial charge on any atom is 0.264 e. The van der Waals surface area contributed by atoms with E-state index in [1.807, 2.05) is 37.3 Å². The molecule has 218 valence electrons. The molecule has 1 fully saturated rings. The standard InChI is InChI=1S/C32H39N3O5S/c1-24-14-16-28(17-15-24)35(41(38,39)30-20-18-29(40-3)19-21-30)23-31(36)34(22-26-10-6-4-7-11-26)25(2)32(37)33-27-12-8-5-9-13-27/h4,6-7,10-11,14-21,25,27H,5,8-9,12-13,22-23H2,1-3H3,(H,33,37)/t25-/m0/s1. The maximum absolute atomic E-state index is 14.0. The second-order valence-corrected chi connectivity index (χ2v) is 12.4. The summed E-state index contributed by atoms with van der Waals surface area (Å²) in [5.74, 6) is -0.187. The summed E-state index contributed by atoms with van der Waals surface area (Å²) in [5, 5.41) is 3.12. The molecule has 41 heavy (non-hydrogen) atoms. The summed E-state index contributed by atoms with van der Waals surface area (Å²) < 4.78 is 34.2. The molecule has 0 bridgehead atoms. The number of hydrogen-bond donors (Lipinski definition) is 1. The molecule has 0 aliphatic heterocycles. The molecule has 1 aliphatic carbocycles. The van der Waals surface area contributed by atoms with Gasteiger partial charge in [-0.3, -0.25) is 13.9 Å². The van der Waals surface area contributed by atoms with E-state index in [0.717, 1.165) is 47.5 Å². The largest absolute Gasteiger partial charge is 0.497 e. The van der Waals surface area contributed by atoms with Gasteiger partial charge in [0.15, 0.2) is 0 Å². The van der Waals surface area contributed by atoms with E-state index in [1.54, 1.807) is 43.3 Å². The molecule has 0 radical (unpaired) electrons. The van der Waals surface area contributed by atoms with E-state index in [4.69, 9.17) is 4.74 Å². The molecule has 1 aliphatic rings. The molecule has 4 rings (SSSR count). The SMILES string of the molecule is COc1ccc(S(=O)(=O)N(CC(=O)N(Cc2ccccc2)[C@@H](C)C(=O)NC2CCCCC2)c2ccc(C)cc2)cc1. The van der Waals surface area contributed by atoms with Gasteiger partial charge in [-0.05, 0) is 68.7 Å². The van der Waals surface area contributed by atoms with E-state index in [9.17, 15) is 18.0 Å². The van der Waals surface area contributed by atoms with E-state index in [-0.39, 0.29) is 23.4 Å². The van der Waals surface area contributed by atoms with Crippen LogP contribution in [-0.2, 0) is 26.2 Å². The number of anilines is 1. The van der Waals surface area contributed by atoms with Crippen molar-refractivity contribution in [2.75, 3.05) is 18.0 Å². The fourth-order valence-electron chi connectivity index (χ4n) is 5.05. The maximum atomic E-state index is 14.0. The zero-order valence-corrected chi connectivity index (χ0v) is 24.8. The normalized spacial score (nSPS) is 14.6. The predicted molar refractivity (Wildman–Crippen MR) is 160 cm³/mol. The molecular formula is C32H39N3O5S. The van der Waals surface area contributed by atoms with E-state index < -0.39 is 28.5 Å². The summed E-state index contributed by atoms with van der Waals surface area (Å²) in [7, 11) is -2.62. The quantitative estimate of drug-likeness (QED) is 0.344. The first kappa shape index (κ1) is 30.1. The number of aryl methyl sites for hydroxylation is 1. The summed E-state index contributed by atoms with van der Waals surface area (Å²) in [4.78, 5) is 28.9. The Bertz CT molecular complexity index is 1400. The third-order valence-electron chi connectivity index (χ3n) is 7.56. The van der Waals surface area contributed by atoms with Crippen LogP contribution in [0.25, 0.3) is 0 Å². The Balaban J connectivity index is 1.65. The smallest absolute Gasteiger partial charge is 0.264 e. The number of hydrogen-bond acceptors (Lipinski definition) is 5. The molecule has 0 spiro atoms. The molecular weight excluding hydrogens is 538 g/mol. The lowest BCUT2D eigenvalue weighted by molar-refractivity contribution is -0.139. The van der Waals surface area contributed by atoms with Crippen molar-refractivity contribution < 1.29 is 22.7 Å². The Hall–Kier alpha value is -3.85. The van der Waals surface area contributed by atoms with E-state index in [0.29, 0.717) is 11.4 Å². The number of ether oxygens (including phenoxy) is 1. The number of nitrogens with one attached hydrogen (secondary N) is 1. The third kappa shape index (κ3) is 7.67. The Morgan fingerprint density at radius 3 is 2.17 bits per heavy atom. The van der Waals surface area contributed by atoms with Gasteiger partial charge in [0.25, 0.3) is 10.0 Å². The summed E-state index contributed by atoms with van der Waals surface area (Å²) in [6, 6.07) is 21.7. The molecule has 9 heteroatoms. The first-order valence-electron chi connectivity index (χ1n) is 14.1. The van der Waals surface area contributed by atoms with E-state index in [2.05, 4.69) is 5.32 Å². The van der Waals surface area contributed by atoms with Gasteiger partial charge in [0.05, 0.1) is 17.7 Å². The van der Waals surface area contributed by atoms with Crippen molar-refractivity contribution in [2.45, 2.75) is 69.5 Å². The van der Waals surface area contributed by atoms with Crippen LogP contribution in [0.1, 0.15) is 50.2 Å². The summed E-state index contributed by atoms with van der Waals surface area (Å²) in [6.07, 6.45) is 5.15. The average molecular weight is 578 g/mol. The lowest BCUT2D eigenvalue weighted by Crippen LogP contribution is -2.53. The Morgan fingerprint density at radius 1 is 0.927 bits per heavy atom. The number of methoxy groups -OCH3 is 1. The van der Waals surface area contributed by atoms with Gasteiger partial charge in [-0.15, -0.1) is 0 Å². The Morgan fingerprint density at radius 2 is 1.56 bits per heavy atom. The molecule has 0 unspecified atom stereocenters. The van der Waals surface area contributed by atoms with Crippen LogP contribution in [0, 0.1) is 6.92 Å². The van der Waals surface area contributed by atoms with Crippen LogP contribution < -0.4 is 14.4 Å². The average Bonchev–Trinajstić information content (AvgIpc) is 2.99. The van der Waals surface area contributed by atoms with Gasteiger partial charge in [0, 0.05) is 12.6 Å². The molecule has 2 amide bonds. The van der Waals surface area contributed by atoms with Crippen molar-refractivity contribution in [3.8, 4) is 5.75 Å². The third-order valence-corrected chi connectivity index (χ3v) is 9.35. The van der Waals surface area contributed by atoms with Gasteiger partial charge in [-0.2, -0.15) is 0 Å². The topological polar surface area (TPSA) is 96.0 Å². The molecule has 3 aromatic rings. The van der Waals surface area contributed by atoms with Crippen LogP contribution in [-0.4, -0.2) is 50.9 Å². The van der Waals surface area contributed by atoms with Gasteiger partial charge in [-0.25, -0.2) is 8.42 Å². The van der Waals surface area contributed by atoms with Gasteiger partial charge in [0.1, 0.15) is 18.3 Å². The zero-order valence-electron chi connectivity index (χ0n) is 24.0. The zero-order chi connectivity index (χ0) is 29.4. The molecule has 8 nitrogen and oxygen atoms in total. The molecule has 0 saturated heterocycles. The van der Waals surface area contributed by atoms with Crippen molar-refractivity contribution in [3.05, 3.63) is 90.0 Å². The van der Waals surface area contributed by atoms with Gasteiger partial charge >= 0.3 is 0 Å². The van der Waals surface area contributed by atoms with Crippen LogP contribution >= 0.6 is 0 Å². The monoisotopic (exact) mass is 577 g/mol. The highest BCUT2D eigenvalue weighted by atomic mass is 32.2. The number of rotatable bonds is 11. The lowest BCUT2D eigenvalue weighted by atomic mass is 9.95. The highest BCUT2D eigenvalue weighted by Gasteiger charge is 2.33. The van der Waals surface area contributed by atoms with Gasteiger partial charge in [-0.1, -0.05) is 67.3 Å². The molecule has 3 aromatic carbocycles. The molecule has 0 aromatic heterocycles. The fourth-order valence-corrected chi connectivity index (χ4v) is 6.46. The number of carbonyl (C=O) groups is 2. The summed E-state index contributed by atoms with van der Waals surface area (Å²) in [6.45, 7) is 3.31. The van der Waals surface area contributed by atoms with E-state index in [1.165, 1.54) is 24.1 Å². The minimum Gasteiger partial charge on any atom is -0.497 e. The fraction of sp³-hybridized carbons (Fsp3) is 0.375. The van der Waals surface area contributed by atoms with Crippen LogP contribution in [0.5, 0.6) is 5.75 Å². The van der Waals surface area contributed by atoms with Gasteiger partial charge < -0.3 is 15.0 Å². The van der Waals surface area contributed by atoms with Gasteiger partial charge in [0.2, 0.25) is 11.8 Å². The number of amides is 2. The number of carbonyl (C=O) groups excluding carboxylic acids is 2. The Labute approximate surface area is 243 Å². The number of sulfonamides is 1. The minimum absolute atomic E-state index is 0.0318. The van der Waals surface area contributed by atoms with Crippen LogP contribution in [0.15, 0.2) is 83.8 Å². The summed E-state index contributed by atoms with van der Waals surface area (Å²) in [5.41, 5.74) is 2.16. The van der Waals surface area contributed by atoms with Crippen LogP contribution in [0.2, 0.25) is 0 Å². The molecule has 1 atom stereocenters. The molecule has 1 N–H and O–H groups in total. The van der Waals surface area contributed by atoms with Crippen molar-refractivity contribution in [1.29, 1.82) is 0 Å². The molecule has 0 heterocycles. The first-order valence-corrected chi connectivity index (χ1v) is 15.5. The highest BCUT2D eigenvalue weighted by molar-refractivity contribution is 7.92. The first-order chi connectivity index (χ1) is 19.7.